The highest BCUT2D eigenvalue weighted by molar-refractivity contribution is 5.33. The molecule has 1 aliphatic heterocycles. The number of nitriles is 2. The molecule has 3 nitrogen and oxygen atoms in total. The van der Waals surface area contributed by atoms with E-state index in [1.165, 1.54) is 17.7 Å². The van der Waals surface area contributed by atoms with Gasteiger partial charge in [0, 0.05) is 25.6 Å². The molecule has 2 aromatic carbocycles. The molecule has 3 rings (SSSR count). The van der Waals surface area contributed by atoms with Crippen molar-refractivity contribution in [1.29, 1.82) is 10.5 Å². The van der Waals surface area contributed by atoms with Crippen molar-refractivity contribution in [2.24, 2.45) is 5.92 Å². The normalized spacial score (nSPS) is 20.8. The van der Waals surface area contributed by atoms with Crippen LogP contribution in [0.25, 0.3) is 0 Å². The van der Waals surface area contributed by atoms with Crippen LogP contribution < -0.4 is 0 Å². The van der Waals surface area contributed by atoms with Gasteiger partial charge >= 0.3 is 0 Å². The van der Waals surface area contributed by atoms with Gasteiger partial charge in [0.05, 0.1) is 17.6 Å². The van der Waals surface area contributed by atoms with Crippen molar-refractivity contribution < 1.29 is 4.39 Å². The van der Waals surface area contributed by atoms with Gasteiger partial charge < -0.3 is 0 Å². The summed E-state index contributed by atoms with van der Waals surface area (Å²) in [5.41, 5.74) is 2.06. The van der Waals surface area contributed by atoms with E-state index in [1.807, 2.05) is 24.3 Å². The van der Waals surface area contributed by atoms with E-state index in [4.69, 9.17) is 5.26 Å². The lowest BCUT2D eigenvalue weighted by Gasteiger charge is -2.16. The Bertz CT molecular complexity index is 773. The molecule has 1 aliphatic rings. The lowest BCUT2D eigenvalue weighted by atomic mass is 9.90. The third-order valence-corrected chi connectivity index (χ3v) is 4.35. The minimum Gasteiger partial charge on any atom is -0.297 e. The Morgan fingerprint density at radius 3 is 2.52 bits per heavy atom. The van der Waals surface area contributed by atoms with Crippen LogP contribution in [0.3, 0.4) is 0 Å². The average molecular weight is 305 g/mol. The number of benzene rings is 2. The minimum atomic E-state index is -0.486. The first-order valence-electron chi connectivity index (χ1n) is 7.56. The fraction of sp³-hybridized carbons (Fsp3) is 0.263. The number of hydrogen-bond acceptors (Lipinski definition) is 3. The predicted molar refractivity (Wildman–Crippen MR) is 84.7 cm³/mol. The molecule has 0 N–H and O–H groups in total. The van der Waals surface area contributed by atoms with Crippen LogP contribution in [0.5, 0.6) is 0 Å². The topological polar surface area (TPSA) is 50.8 Å². The molecule has 0 amide bonds. The second kappa shape index (κ2) is 6.60. The Morgan fingerprint density at radius 2 is 1.87 bits per heavy atom. The van der Waals surface area contributed by atoms with Crippen LogP contribution in [0, 0.1) is 34.4 Å². The molecule has 0 radical (unpaired) electrons. The number of nitrogens with zero attached hydrogens (tertiary/aromatic N) is 3. The van der Waals surface area contributed by atoms with E-state index in [-0.39, 0.29) is 17.4 Å². The summed E-state index contributed by atoms with van der Waals surface area (Å²) in [7, 11) is 0. The molecule has 0 spiro atoms. The van der Waals surface area contributed by atoms with Crippen molar-refractivity contribution in [1.82, 2.24) is 4.90 Å². The van der Waals surface area contributed by atoms with Crippen LogP contribution >= 0.6 is 0 Å². The van der Waals surface area contributed by atoms with Gasteiger partial charge in [0.2, 0.25) is 0 Å². The Morgan fingerprint density at radius 1 is 1.09 bits per heavy atom. The maximum Gasteiger partial charge on any atom is 0.141 e. The molecular formula is C19H16FN3. The van der Waals surface area contributed by atoms with Gasteiger partial charge in [-0.3, -0.25) is 4.90 Å². The monoisotopic (exact) mass is 305 g/mol. The van der Waals surface area contributed by atoms with Crippen molar-refractivity contribution in [3.8, 4) is 12.1 Å². The van der Waals surface area contributed by atoms with Crippen LogP contribution in [-0.2, 0) is 6.54 Å². The molecule has 1 fully saturated rings. The summed E-state index contributed by atoms with van der Waals surface area (Å²) >= 11 is 0. The fourth-order valence-electron chi connectivity index (χ4n) is 3.19. The van der Waals surface area contributed by atoms with E-state index in [9.17, 15) is 9.65 Å². The molecule has 1 heterocycles. The molecule has 0 unspecified atom stereocenters. The van der Waals surface area contributed by atoms with E-state index >= 15 is 0 Å². The SMILES string of the molecule is N#Cc1ccc(CN2C[C@@H](C#N)[C@H](c3ccccc3)C2)cc1F. The fourth-order valence-corrected chi connectivity index (χ4v) is 3.19. The maximum absolute atomic E-state index is 13.7. The summed E-state index contributed by atoms with van der Waals surface area (Å²) in [4.78, 5) is 2.17. The number of likely N-dealkylation sites (tertiary alicyclic amines) is 1. The molecule has 2 atom stereocenters. The third-order valence-electron chi connectivity index (χ3n) is 4.35. The molecule has 114 valence electrons. The van der Waals surface area contributed by atoms with Gasteiger partial charge in [-0.1, -0.05) is 36.4 Å². The summed E-state index contributed by atoms with van der Waals surface area (Å²) in [6, 6.07) is 19.0. The number of rotatable bonds is 3. The van der Waals surface area contributed by atoms with Crippen molar-refractivity contribution in [2.75, 3.05) is 13.1 Å². The molecule has 4 heteroatoms. The van der Waals surface area contributed by atoms with E-state index in [2.05, 4.69) is 23.1 Å². The zero-order valence-electron chi connectivity index (χ0n) is 12.6. The highest BCUT2D eigenvalue weighted by Crippen LogP contribution is 2.33. The standard InChI is InChI=1S/C19H16FN3/c20-19-8-14(6-7-16(19)9-21)11-23-12-17(10-22)18(13-23)15-4-2-1-3-5-15/h1-8,17-18H,11-13H2/t17-,18+/m1/s1. The maximum atomic E-state index is 13.7. The van der Waals surface area contributed by atoms with Crippen molar-refractivity contribution in [2.45, 2.75) is 12.5 Å². The first-order chi connectivity index (χ1) is 11.2. The van der Waals surface area contributed by atoms with Gasteiger partial charge in [-0.2, -0.15) is 10.5 Å². The van der Waals surface area contributed by atoms with Gasteiger partial charge in [0.15, 0.2) is 0 Å². The van der Waals surface area contributed by atoms with Crippen LogP contribution in [0.15, 0.2) is 48.5 Å². The van der Waals surface area contributed by atoms with Gasteiger partial charge in [-0.05, 0) is 23.3 Å². The molecule has 0 bridgehead atoms. The van der Waals surface area contributed by atoms with Crippen LogP contribution in [0.2, 0.25) is 0 Å². The lowest BCUT2D eigenvalue weighted by Crippen LogP contribution is -2.20. The quantitative estimate of drug-likeness (QED) is 0.873. The second-order valence-electron chi connectivity index (χ2n) is 5.87. The summed E-state index contributed by atoms with van der Waals surface area (Å²) in [5, 5.41) is 18.2. The highest BCUT2D eigenvalue weighted by atomic mass is 19.1. The third kappa shape index (κ3) is 3.23. The largest absolute Gasteiger partial charge is 0.297 e. The molecule has 0 aromatic heterocycles. The van der Waals surface area contributed by atoms with Crippen LogP contribution in [0.4, 0.5) is 4.39 Å². The zero-order chi connectivity index (χ0) is 16.2. The van der Waals surface area contributed by atoms with Crippen molar-refractivity contribution in [3.63, 3.8) is 0 Å². The number of halogens is 1. The van der Waals surface area contributed by atoms with Crippen LogP contribution in [-0.4, -0.2) is 18.0 Å². The first-order valence-corrected chi connectivity index (χ1v) is 7.56. The Kier molecular flexibility index (Phi) is 4.37. The summed E-state index contributed by atoms with van der Waals surface area (Å²) < 4.78 is 13.7. The predicted octanol–water partition coefficient (Wildman–Crippen LogP) is 3.44. The van der Waals surface area contributed by atoms with E-state index < -0.39 is 5.82 Å². The van der Waals surface area contributed by atoms with Gasteiger partial charge in [-0.15, -0.1) is 0 Å². The van der Waals surface area contributed by atoms with Gasteiger partial charge in [-0.25, -0.2) is 4.39 Å². The lowest BCUT2D eigenvalue weighted by molar-refractivity contribution is 0.322. The summed E-state index contributed by atoms with van der Waals surface area (Å²) in [5.74, 6) is -0.356. The summed E-state index contributed by atoms with van der Waals surface area (Å²) in [6.45, 7) is 2.05. The van der Waals surface area contributed by atoms with Crippen molar-refractivity contribution in [3.05, 3.63) is 71.0 Å². The molecule has 0 saturated carbocycles. The zero-order valence-corrected chi connectivity index (χ0v) is 12.6. The molecule has 0 aliphatic carbocycles. The van der Waals surface area contributed by atoms with E-state index in [0.717, 1.165) is 12.1 Å². The minimum absolute atomic E-state index is 0.0550. The van der Waals surface area contributed by atoms with E-state index in [0.29, 0.717) is 13.1 Å². The van der Waals surface area contributed by atoms with Gasteiger partial charge in [0.1, 0.15) is 11.9 Å². The smallest absolute Gasteiger partial charge is 0.141 e. The second-order valence-corrected chi connectivity index (χ2v) is 5.87. The number of hydrogen-bond donors (Lipinski definition) is 0. The Hall–Kier alpha value is -2.69. The highest BCUT2D eigenvalue weighted by Gasteiger charge is 2.33. The first kappa shape index (κ1) is 15.2. The molecule has 1 saturated heterocycles. The Labute approximate surface area is 135 Å². The van der Waals surface area contributed by atoms with Crippen LogP contribution in [0.1, 0.15) is 22.6 Å². The summed E-state index contributed by atoms with van der Waals surface area (Å²) in [6.07, 6.45) is 0. The molecule has 2 aromatic rings. The average Bonchev–Trinajstić information content (AvgIpc) is 2.99. The molecule has 23 heavy (non-hydrogen) atoms. The molecular weight excluding hydrogens is 289 g/mol. The Balaban J connectivity index is 1.75. The van der Waals surface area contributed by atoms with Crippen molar-refractivity contribution >= 4 is 0 Å². The van der Waals surface area contributed by atoms with Gasteiger partial charge in [0.25, 0.3) is 0 Å². The van der Waals surface area contributed by atoms with E-state index in [1.54, 1.807) is 6.07 Å².